The Kier molecular flexibility index (Phi) is 2.17. The van der Waals surface area contributed by atoms with Gasteiger partial charge >= 0.3 is 5.97 Å². The van der Waals surface area contributed by atoms with Crippen LogP contribution >= 0.6 is 0 Å². The van der Waals surface area contributed by atoms with Gasteiger partial charge in [0.25, 0.3) is 0 Å². The van der Waals surface area contributed by atoms with Crippen molar-refractivity contribution in [3.8, 4) is 0 Å². The molecule has 0 bridgehead atoms. The fourth-order valence-electron chi connectivity index (χ4n) is 5.34. The van der Waals surface area contributed by atoms with Crippen LogP contribution in [0.5, 0.6) is 0 Å². The second-order valence-electron chi connectivity index (χ2n) is 6.46. The second-order valence-corrected chi connectivity index (χ2v) is 6.46. The van der Waals surface area contributed by atoms with Crippen molar-refractivity contribution in [2.75, 3.05) is 6.54 Å². The number of aliphatic carboxylic acids is 1. The molecule has 3 nitrogen and oxygen atoms in total. The Balaban J connectivity index is 1.93. The molecule has 0 aromatic rings. The monoisotopic (exact) mass is 241 g/mol. The van der Waals surface area contributed by atoms with Crippen LogP contribution in [0, 0.1) is 29.1 Å². The third-order valence-electron chi connectivity index (χ3n) is 5.91. The molecule has 6 atom stereocenters. The number of rotatable bonds is 3. The average molecular weight is 241 g/mol. The molecule has 17 heavy (non-hydrogen) atoms. The Morgan fingerprint density at radius 3 is 2.65 bits per heavy atom. The van der Waals surface area contributed by atoms with Gasteiger partial charge in [-0.15, -0.1) is 0 Å². The number of hydrogen-bond donors (Lipinski definition) is 2. The molecular weight excluding hydrogens is 221 g/mol. The minimum absolute atomic E-state index is 0.123. The summed E-state index contributed by atoms with van der Waals surface area (Å²) in [5.41, 5.74) is 4.45. The maximum absolute atomic E-state index is 14.5. The average Bonchev–Trinajstić information content (AvgIpc) is 2.72. The first-order valence-electron chi connectivity index (χ1n) is 6.53. The van der Waals surface area contributed by atoms with Crippen LogP contribution in [0.25, 0.3) is 0 Å². The molecule has 3 fully saturated rings. The Bertz CT molecular complexity index is 370. The topological polar surface area (TPSA) is 63.3 Å². The molecule has 3 aliphatic rings. The highest BCUT2D eigenvalue weighted by Gasteiger charge is 2.72. The van der Waals surface area contributed by atoms with Crippen molar-refractivity contribution in [1.29, 1.82) is 0 Å². The number of carbonyl (C=O) groups is 1. The highest BCUT2D eigenvalue weighted by molar-refractivity contribution is 5.68. The largest absolute Gasteiger partial charge is 0.481 e. The Morgan fingerprint density at radius 1 is 1.41 bits per heavy atom. The summed E-state index contributed by atoms with van der Waals surface area (Å²) in [5, 5.41) is 9.07. The zero-order valence-corrected chi connectivity index (χ0v) is 10.2. The van der Waals surface area contributed by atoms with E-state index in [-0.39, 0.29) is 23.7 Å². The van der Waals surface area contributed by atoms with E-state index in [1.165, 1.54) is 0 Å². The van der Waals surface area contributed by atoms with E-state index in [4.69, 9.17) is 10.8 Å². The maximum Gasteiger partial charge on any atom is 0.303 e. The van der Waals surface area contributed by atoms with Crippen molar-refractivity contribution in [1.82, 2.24) is 0 Å². The Morgan fingerprint density at radius 2 is 2.06 bits per heavy atom. The van der Waals surface area contributed by atoms with Crippen LogP contribution in [0.4, 0.5) is 4.39 Å². The highest BCUT2D eigenvalue weighted by Crippen LogP contribution is 2.74. The first-order valence-corrected chi connectivity index (χ1v) is 6.53. The lowest BCUT2D eigenvalue weighted by atomic mass is 9.47. The first-order chi connectivity index (χ1) is 7.92. The summed E-state index contributed by atoms with van der Waals surface area (Å²) in [7, 11) is 0. The Labute approximate surface area is 101 Å². The molecule has 96 valence electrons. The third kappa shape index (κ3) is 1.22. The summed E-state index contributed by atoms with van der Waals surface area (Å²) < 4.78 is 14.5. The van der Waals surface area contributed by atoms with E-state index in [1.54, 1.807) is 6.92 Å². The molecule has 2 unspecified atom stereocenters. The van der Waals surface area contributed by atoms with Gasteiger partial charge in [0.2, 0.25) is 0 Å². The molecule has 3 rings (SSSR count). The molecule has 0 aliphatic heterocycles. The van der Waals surface area contributed by atoms with Crippen LogP contribution in [0.15, 0.2) is 0 Å². The molecule has 0 amide bonds. The fraction of sp³-hybridized carbons (Fsp3) is 0.923. The predicted molar refractivity (Wildman–Crippen MR) is 61.1 cm³/mol. The summed E-state index contributed by atoms with van der Waals surface area (Å²) in [6, 6.07) is 0. The standard InChI is InChI=1S/C13H20FNO2/c1-12(14)4-9-11-7(12)2-3-8(11)13(9,6-15)5-10(16)17/h7-9,11H,2-6,15H2,1H3,(H,16,17)/t7?,8-,9+,11+,12?,13+/m0/s1. The second kappa shape index (κ2) is 3.22. The van der Waals surface area contributed by atoms with Crippen LogP contribution in [-0.4, -0.2) is 23.3 Å². The summed E-state index contributed by atoms with van der Waals surface area (Å²) in [6.07, 6.45) is 2.53. The van der Waals surface area contributed by atoms with Crippen LogP contribution in [0.2, 0.25) is 0 Å². The molecule has 0 aromatic heterocycles. The van der Waals surface area contributed by atoms with Gasteiger partial charge in [-0.1, -0.05) is 0 Å². The number of halogens is 1. The molecule has 3 N–H and O–H groups in total. The SMILES string of the molecule is CC1(F)C[C@@H]2[C@@H]3C1CC[C@@H]3[C@]2(CN)CC(=O)O. The van der Waals surface area contributed by atoms with Crippen LogP contribution in [-0.2, 0) is 4.79 Å². The molecular formula is C13H20FNO2. The van der Waals surface area contributed by atoms with Gasteiger partial charge in [0.1, 0.15) is 5.67 Å². The van der Waals surface area contributed by atoms with Crippen molar-refractivity contribution in [3.63, 3.8) is 0 Å². The van der Waals surface area contributed by atoms with Gasteiger partial charge in [0.15, 0.2) is 0 Å². The Hall–Kier alpha value is -0.640. The van der Waals surface area contributed by atoms with Crippen LogP contribution in [0.3, 0.4) is 0 Å². The van der Waals surface area contributed by atoms with Gasteiger partial charge in [0.05, 0.1) is 6.42 Å². The first kappa shape index (κ1) is 11.5. The van der Waals surface area contributed by atoms with Gasteiger partial charge in [-0.3, -0.25) is 4.79 Å². The van der Waals surface area contributed by atoms with E-state index in [9.17, 15) is 9.18 Å². The van der Waals surface area contributed by atoms with E-state index in [1.807, 2.05) is 0 Å². The normalized spacial score (nSPS) is 55.5. The van der Waals surface area contributed by atoms with Crippen molar-refractivity contribution in [2.45, 2.75) is 38.3 Å². The minimum Gasteiger partial charge on any atom is -0.481 e. The van der Waals surface area contributed by atoms with Crippen molar-refractivity contribution >= 4 is 5.97 Å². The smallest absolute Gasteiger partial charge is 0.303 e. The van der Waals surface area contributed by atoms with Gasteiger partial charge < -0.3 is 10.8 Å². The van der Waals surface area contributed by atoms with Crippen molar-refractivity contribution < 1.29 is 14.3 Å². The fourth-order valence-corrected chi connectivity index (χ4v) is 5.34. The van der Waals surface area contributed by atoms with E-state index >= 15 is 0 Å². The van der Waals surface area contributed by atoms with E-state index in [0.717, 1.165) is 12.8 Å². The molecule has 0 saturated heterocycles. The zero-order chi connectivity index (χ0) is 12.4. The summed E-state index contributed by atoms with van der Waals surface area (Å²) in [6.45, 7) is 2.09. The molecule has 3 saturated carbocycles. The van der Waals surface area contributed by atoms with E-state index < -0.39 is 11.6 Å². The number of hydrogen-bond acceptors (Lipinski definition) is 2. The minimum atomic E-state index is -1.10. The molecule has 0 spiro atoms. The van der Waals surface area contributed by atoms with Crippen molar-refractivity contribution in [3.05, 3.63) is 0 Å². The molecule has 3 aliphatic carbocycles. The lowest BCUT2D eigenvalue weighted by Crippen LogP contribution is -2.58. The maximum atomic E-state index is 14.5. The number of alkyl halides is 1. The van der Waals surface area contributed by atoms with Gasteiger partial charge in [-0.05, 0) is 61.8 Å². The zero-order valence-electron chi connectivity index (χ0n) is 10.2. The van der Waals surface area contributed by atoms with Crippen LogP contribution in [0.1, 0.15) is 32.6 Å². The third-order valence-corrected chi connectivity index (χ3v) is 5.91. The van der Waals surface area contributed by atoms with E-state index in [2.05, 4.69) is 0 Å². The predicted octanol–water partition coefficient (Wildman–Crippen LogP) is 1.81. The molecule has 0 aromatic carbocycles. The highest BCUT2D eigenvalue weighted by atomic mass is 19.1. The quantitative estimate of drug-likeness (QED) is 0.792. The number of carboxylic acid groups (broad SMARTS) is 1. The van der Waals surface area contributed by atoms with Gasteiger partial charge in [-0.2, -0.15) is 0 Å². The molecule has 0 radical (unpaired) electrons. The lowest BCUT2D eigenvalue weighted by Gasteiger charge is -2.57. The van der Waals surface area contributed by atoms with Crippen LogP contribution < -0.4 is 5.73 Å². The number of carboxylic acids is 1. The summed E-state index contributed by atoms with van der Waals surface area (Å²) in [4.78, 5) is 11.0. The lowest BCUT2D eigenvalue weighted by molar-refractivity contribution is -0.153. The molecule has 0 heterocycles. The van der Waals surface area contributed by atoms with Gasteiger partial charge in [-0.25, -0.2) is 4.39 Å². The summed E-state index contributed by atoms with van der Waals surface area (Å²) in [5.74, 6) is 0.343. The summed E-state index contributed by atoms with van der Waals surface area (Å²) >= 11 is 0. The van der Waals surface area contributed by atoms with E-state index in [0.29, 0.717) is 24.8 Å². The van der Waals surface area contributed by atoms with Crippen molar-refractivity contribution in [2.24, 2.45) is 34.8 Å². The van der Waals surface area contributed by atoms with Gasteiger partial charge in [0, 0.05) is 0 Å². The molecule has 4 heteroatoms. The number of nitrogens with two attached hydrogens (primary N) is 1.